The van der Waals surface area contributed by atoms with E-state index in [0.717, 1.165) is 0 Å². The fraction of sp³-hybridized carbons (Fsp3) is 0. The van der Waals surface area contributed by atoms with E-state index in [9.17, 15) is 14.4 Å². The third kappa shape index (κ3) is 6.02. The number of hydrazone groups is 1. The Balaban J connectivity index is 1.49. The monoisotopic (exact) mass is 421 g/mol. The summed E-state index contributed by atoms with van der Waals surface area (Å²) in [6.07, 6.45) is 1.36. The molecule has 0 atom stereocenters. The molecule has 8 heteroatoms. The van der Waals surface area contributed by atoms with Crippen molar-refractivity contribution in [3.8, 4) is 5.75 Å². The number of nitrogens with zero attached hydrogens (tertiary/aromatic N) is 1. The van der Waals surface area contributed by atoms with Gasteiger partial charge in [0.25, 0.3) is 0 Å². The molecular weight excluding hydrogens is 406 g/mol. The van der Waals surface area contributed by atoms with Gasteiger partial charge in [-0.15, -0.1) is 0 Å². The van der Waals surface area contributed by atoms with Crippen molar-refractivity contribution < 1.29 is 19.1 Å². The van der Waals surface area contributed by atoms with Crippen LogP contribution in [0.2, 0.25) is 5.02 Å². The highest BCUT2D eigenvalue weighted by atomic mass is 35.5. The number of hydrogen-bond acceptors (Lipinski definition) is 5. The Kier molecular flexibility index (Phi) is 6.91. The summed E-state index contributed by atoms with van der Waals surface area (Å²) in [6, 6.07) is 21.5. The van der Waals surface area contributed by atoms with Gasteiger partial charge in [0, 0.05) is 10.7 Å². The smallest absolute Gasteiger partial charge is 0.343 e. The maximum atomic E-state index is 12.0. The van der Waals surface area contributed by atoms with Crippen molar-refractivity contribution in [2.24, 2.45) is 5.10 Å². The van der Waals surface area contributed by atoms with Gasteiger partial charge in [-0.05, 0) is 66.2 Å². The molecule has 3 aromatic carbocycles. The van der Waals surface area contributed by atoms with Crippen LogP contribution >= 0.6 is 11.6 Å². The number of amides is 2. The van der Waals surface area contributed by atoms with E-state index in [0.29, 0.717) is 27.6 Å². The average Bonchev–Trinajstić information content (AvgIpc) is 2.77. The molecule has 0 aliphatic rings. The molecule has 0 saturated carbocycles. The molecule has 0 saturated heterocycles. The molecule has 150 valence electrons. The lowest BCUT2D eigenvalue weighted by atomic mass is 10.2. The summed E-state index contributed by atoms with van der Waals surface area (Å²) in [4.78, 5) is 35.6. The molecule has 0 fully saturated rings. The predicted octanol–water partition coefficient (Wildman–Crippen LogP) is 3.65. The normalized spacial score (nSPS) is 10.4. The van der Waals surface area contributed by atoms with Crippen molar-refractivity contribution in [3.63, 3.8) is 0 Å². The first-order chi connectivity index (χ1) is 14.5. The molecule has 0 radical (unpaired) electrons. The van der Waals surface area contributed by atoms with Gasteiger partial charge in [-0.2, -0.15) is 5.10 Å². The zero-order chi connectivity index (χ0) is 21.3. The van der Waals surface area contributed by atoms with E-state index in [4.69, 9.17) is 16.3 Å². The molecule has 30 heavy (non-hydrogen) atoms. The van der Waals surface area contributed by atoms with E-state index in [2.05, 4.69) is 15.8 Å². The minimum absolute atomic E-state index is 0.368. The van der Waals surface area contributed by atoms with Crippen LogP contribution in [0.15, 0.2) is 84.0 Å². The van der Waals surface area contributed by atoms with Crippen molar-refractivity contribution in [1.82, 2.24) is 5.43 Å². The van der Waals surface area contributed by atoms with Gasteiger partial charge >= 0.3 is 17.8 Å². The lowest BCUT2D eigenvalue weighted by Crippen LogP contribution is -2.32. The van der Waals surface area contributed by atoms with E-state index in [-0.39, 0.29) is 0 Å². The zero-order valence-corrected chi connectivity index (χ0v) is 16.3. The van der Waals surface area contributed by atoms with Crippen LogP contribution in [0.1, 0.15) is 15.9 Å². The topological polar surface area (TPSA) is 96.9 Å². The van der Waals surface area contributed by atoms with Crippen molar-refractivity contribution in [2.45, 2.75) is 0 Å². The van der Waals surface area contributed by atoms with Gasteiger partial charge in [-0.1, -0.05) is 29.8 Å². The second-order valence-corrected chi connectivity index (χ2v) is 6.42. The number of rotatable bonds is 5. The van der Waals surface area contributed by atoms with Gasteiger partial charge in [0.15, 0.2) is 0 Å². The van der Waals surface area contributed by atoms with Crippen LogP contribution in [0.25, 0.3) is 0 Å². The van der Waals surface area contributed by atoms with Gasteiger partial charge < -0.3 is 10.1 Å². The Hall–Kier alpha value is -3.97. The van der Waals surface area contributed by atoms with Crippen LogP contribution in [0.5, 0.6) is 5.75 Å². The first-order valence-electron chi connectivity index (χ1n) is 8.78. The van der Waals surface area contributed by atoms with Gasteiger partial charge in [-0.25, -0.2) is 10.2 Å². The van der Waals surface area contributed by atoms with E-state index in [1.807, 2.05) is 6.07 Å². The summed E-state index contributed by atoms with van der Waals surface area (Å²) in [7, 11) is 0. The fourth-order valence-corrected chi connectivity index (χ4v) is 2.43. The van der Waals surface area contributed by atoms with Gasteiger partial charge in [0.2, 0.25) is 0 Å². The van der Waals surface area contributed by atoms with Crippen molar-refractivity contribution >= 4 is 41.3 Å². The molecule has 3 aromatic rings. The van der Waals surface area contributed by atoms with Gasteiger partial charge in [0.1, 0.15) is 5.75 Å². The first-order valence-corrected chi connectivity index (χ1v) is 9.16. The van der Waals surface area contributed by atoms with Crippen LogP contribution in [0, 0.1) is 0 Å². The number of benzene rings is 3. The average molecular weight is 422 g/mol. The van der Waals surface area contributed by atoms with Gasteiger partial charge in [-0.3, -0.25) is 9.59 Å². The molecule has 0 unspecified atom stereocenters. The second-order valence-electron chi connectivity index (χ2n) is 5.98. The Labute approximate surface area is 177 Å². The van der Waals surface area contributed by atoms with Crippen LogP contribution in [-0.4, -0.2) is 24.0 Å². The standard InChI is InChI=1S/C22H16ClN3O4/c23-17-8-10-18(11-9-17)25-20(27)21(28)26-24-14-15-6-12-19(13-7-15)30-22(29)16-4-2-1-3-5-16/h1-14H,(H,25,27)(H,26,28)/b24-14-. The Bertz CT molecular complexity index is 1070. The van der Waals surface area contributed by atoms with Crippen molar-refractivity contribution in [1.29, 1.82) is 0 Å². The summed E-state index contributed by atoms with van der Waals surface area (Å²) in [5.41, 5.74) is 3.65. The minimum Gasteiger partial charge on any atom is -0.423 e. The number of esters is 1. The van der Waals surface area contributed by atoms with Crippen molar-refractivity contribution in [2.75, 3.05) is 5.32 Å². The Morgan fingerprint density at radius 1 is 0.833 bits per heavy atom. The Morgan fingerprint density at radius 3 is 2.17 bits per heavy atom. The summed E-state index contributed by atoms with van der Waals surface area (Å²) < 4.78 is 5.28. The molecule has 0 bridgehead atoms. The summed E-state index contributed by atoms with van der Waals surface area (Å²) in [6.45, 7) is 0. The molecule has 7 nitrogen and oxygen atoms in total. The second kappa shape index (κ2) is 9.99. The number of hydrogen-bond donors (Lipinski definition) is 2. The van der Waals surface area contributed by atoms with E-state index in [1.165, 1.54) is 6.21 Å². The Morgan fingerprint density at radius 2 is 1.50 bits per heavy atom. The van der Waals surface area contributed by atoms with Crippen LogP contribution < -0.4 is 15.5 Å². The van der Waals surface area contributed by atoms with Crippen LogP contribution in [-0.2, 0) is 9.59 Å². The number of anilines is 1. The molecule has 2 N–H and O–H groups in total. The maximum absolute atomic E-state index is 12.0. The van der Waals surface area contributed by atoms with E-state index in [1.54, 1.807) is 72.8 Å². The molecule has 2 amide bonds. The van der Waals surface area contributed by atoms with Gasteiger partial charge in [0.05, 0.1) is 11.8 Å². The maximum Gasteiger partial charge on any atom is 0.343 e. The quantitative estimate of drug-likeness (QED) is 0.216. The fourth-order valence-electron chi connectivity index (χ4n) is 2.30. The lowest BCUT2D eigenvalue weighted by Gasteiger charge is -2.05. The van der Waals surface area contributed by atoms with Crippen molar-refractivity contribution in [3.05, 3.63) is 95.0 Å². The molecule has 0 aliphatic carbocycles. The zero-order valence-electron chi connectivity index (χ0n) is 15.5. The number of carbonyl (C=O) groups excluding carboxylic acids is 3. The van der Waals surface area contributed by atoms with E-state index >= 15 is 0 Å². The third-order valence-electron chi connectivity index (χ3n) is 3.79. The molecule has 3 rings (SSSR count). The SMILES string of the molecule is O=C(N/N=C\c1ccc(OC(=O)c2ccccc2)cc1)C(=O)Nc1ccc(Cl)cc1. The molecule has 0 spiro atoms. The van der Waals surface area contributed by atoms with Crippen LogP contribution in [0.3, 0.4) is 0 Å². The largest absolute Gasteiger partial charge is 0.423 e. The molecule has 0 aromatic heterocycles. The molecule has 0 heterocycles. The highest BCUT2D eigenvalue weighted by Gasteiger charge is 2.12. The van der Waals surface area contributed by atoms with E-state index < -0.39 is 17.8 Å². The number of nitrogens with one attached hydrogen (secondary N) is 2. The third-order valence-corrected chi connectivity index (χ3v) is 4.04. The molecular formula is C22H16ClN3O4. The number of halogens is 1. The number of carbonyl (C=O) groups is 3. The predicted molar refractivity (Wildman–Crippen MR) is 114 cm³/mol. The van der Waals surface area contributed by atoms with Crippen LogP contribution in [0.4, 0.5) is 5.69 Å². The summed E-state index contributed by atoms with van der Waals surface area (Å²) >= 11 is 5.76. The molecule has 0 aliphatic heterocycles. The highest BCUT2D eigenvalue weighted by molar-refractivity contribution is 6.39. The highest BCUT2D eigenvalue weighted by Crippen LogP contribution is 2.14. The first kappa shape index (κ1) is 20.8. The minimum atomic E-state index is -0.922. The number of ether oxygens (including phenoxy) is 1. The summed E-state index contributed by atoms with van der Waals surface area (Å²) in [5, 5.41) is 6.68. The lowest BCUT2D eigenvalue weighted by molar-refractivity contribution is -0.136. The summed E-state index contributed by atoms with van der Waals surface area (Å²) in [5.74, 6) is -1.88.